The Morgan fingerprint density at radius 3 is 0.747 bits per heavy atom. The second-order valence-electron chi connectivity index (χ2n) is 22.7. The van der Waals surface area contributed by atoms with Gasteiger partial charge in [0.1, 0.15) is 13.2 Å². The number of ether oxygens (including phenoxy) is 3. The zero-order valence-corrected chi connectivity index (χ0v) is 50.6. The van der Waals surface area contributed by atoms with Crippen LogP contribution in [0.2, 0.25) is 0 Å². The molecule has 0 aliphatic rings. The lowest BCUT2D eigenvalue weighted by atomic mass is 10.0. The maximum absolute atomic E-state index is 12.9. The maximum atomic E-state index is 12.9. The predicted octanol–water partition coefficient (Wildman–Crippen LogP) is 22.8. The van der Waals surface area contributed by atoms with Crippen LogP contribution in [0.1, 0.15) is 367 Å². The molecule has 0 aliphatic heterocycles. The SMILES string of the molecule is CCCCCCC/C=C\C/C=C\CCCCCCCCCCCCCCCCCCCC(=O)OCC(COC(=O)CCCCCCCCCCCCCCC)OC(=O)CCCCCCC/C=C\CCCCCCCC. The summed E-state index contributed by atoms with van der Waals surface area (Å²) in [6.45, 7) is 6.67. The molecule has 0 rings (SSSR count). The molecule has 0 spiro atoms. The van der Waals surface area contributed by atoms with E-state index >= 15 is 0 Å². The number of esters is 3. The number of rotatable bonds is 62. The second-order valence-corrected chi connectivity index (χ2v) is 22.7. The van der Waals surface area contributed by atoms with Crippen molar-refractivity contribution in [3.05, 3.63) is 36.5 Å². The van der Waals surface area contributed by atoms with Gasteiger partial charge in [0.05, 0.1) is 0 Å². The molecule has 0 amide bonds. The lowest BCUT2D eigenvalue weighted by Crippen LogP contribution is -2.30. The monoisotopic (exact) mass is 1050 g/mol. The highest BCUT2D eigenvalue weighted by Gasteiger charge is 2.19. The lowest BCUT2D eigenvalue weighted by molar-refractivity contribution is -0.167. The molecule has 0 aromatic heterocycles. The maximum Gasteiger partial charge on any atom is 0.306 e. The largest absolute Gasteiger partial charge is 0.462 e. The molecule has 0 bridgehead atoms. The summed E-state index contributed by atoms with van der Waals surface area (Å²) in [5.74, 6) is -0.854. The van der Waals surface area contributed by atoms with Crippen molar-refractivity contribution >= 4 is 17.9 Å². The van der Waals surface area contributed by atoms with Crippen molar-refractivity contribution in [2.45, 2.75) is 374 Å². The van der Waals surface area contributed by atoms with Gasteiger partial charge in [0, 0.05) is 19.3 Å². The second kappa shape index (κ2) is 64.2. The van der Waals surface area contributed by atoms with Gasteiger partial charge in [-0.05, 0) is 77.0 Å². The number of unbranched alkanes of at least 4 members (excludes halogenated alkanes) is 45. The fourth-order valence-electron chi connectivity index (χ4n) is 10.1. The summed E-state index contributed by atoms with van der Waals surface area (Å²) in [7, 11) is 0. The fraction of sp³-hybridized carbons (Fsp3) is 0.870. The number of allylic oxidation sites excluding steroid dienone is 6. The summed E-state index contributed by atoms with van der Waals surface area (Å²) >= 11 is 0. The number of hydrogen-bond acceptors (Lipinski definition) is 6. The number of hydrogen-bond donors (Lipinski definition) is 0. The molecule has 0 saturated carbocycles. The van der Waals surface area contributed by atoms with E-state index in [9.17, 15) is 14.4 Å². The Morgan fingerprint density at radius 1 is 0.267 bits per heavy atom. The Morgan fingerprint density at radius 2 is 0.480 bits per heavy atom. The third-order valence-corrected chi connectivity index (χ3v) is 15.1. The predicted molar refractivity (Wildman–Crippen MR) is 326 cm³/mol. The van der Waals surface area contributed by atoms with E-state index in [2.05, 4.69) is 57.2 Å². The zero-order valence-electron chi connectivity index (χ0n) is 50.6. The summed E-state index contributed by atoms with van der Waals surface area (Å²) < 4.78 is 16.9. The molecule has 0 heterocycles. The van der Waals surface area contributed by atoms with Crippen LogP contribution >= 0.6 is 0 Å². The van der Waals surface area contributed by atoms with E-state index in [4.69, 9.17) is 14.2 Å². The highest BCUT2D eigenvalue weighted by atomic mass is 16.6. The third kappa shape index (κ3) is 62.4. The van der Waals surface area contributed by atoms with Crippen molar-refractivity contribution in [2.24, 2.45) is 0 Å². The third-order valence-electron chi connectivity index (χ3n) is 15.1. The molecule has 0 fully saturated rings. The van der Waals surface area contributed by atoms with Crippen molar-refractivity contribution in [3.63, 3.8) is 0 Å². The normalized spacial score (nSPS) is 12.2. The van der Waals surface area contributed by atoms with Crippen molar-refractivity contribution in [1.82, 2.24) is 0 Å². The average molecular weight is 1050 g/mol. The standard InChI is InChI=1S/C69H128O6/c1-4-7-10-13-16-19-22-25-27-28-29-30-31-32-33-34-35-36-37-38-39-40-42-44-47-50-53-56-59-62-68(71)74-65-66(64-73-67(70)61-58-55-52-49-46-43-24-21-18-15-12-9-6-3)75-69(72)63-60-57-54-51-48-45-41-26-23-20-17-14-11-8-5-2/h22,25-26,28-29,41,66H,4-21,23-24,27,30-40,42-65H2,1-3H3/b25-22-,29-28-,41-26-. The molecule has 0 aromatic rings. The smallest absolute Gasteiger partial charge is 0.306 e. The van der Waals surface area contributed by atoms with Gasteiger partial charge in [-0.3, -0.25) is 14.4 Å². The molecule has 1 atom stereocenters. The first-order valence-electron chi connectivity index (χ1n) is 33.5. The fourth-order valence-corrected chi connectivity index (χ4v) is 10.1. The van der Waals surface area contributed by atoms with Gasteiger partial charge in [0.15, 0.2) is 6.10 Å². The topological polar surface area (TPSA) is 78.9 Å². The minimum atomic E-state index is -0.773. The van der Waals surface area contributed by atoms with Crippen LogP contribution < -0.4 is 0 Å². The van der Waals surface area contributed by atoms with Gasteiger partial charge in [-0.1, -0.05) is 308 Å². The summed E-state index contributed by atoms with van der Waals surface area (Å²) in [5, 5.41) is 0. The van der Waals surface area contributed by atoms with E-state index in [1.165, 1.54) is 257 Å². The first kappa shape index (κ1) is 72.6. The minimum Gasteiger partial charge on any atom is -0.462 e. The molecule has 75 heavy (non-hydrogen) atoms. The molecule has 6 nitrogen and oxygen atoms in total. The first-order chi connectivity index (χ1) is 37.0. The van der Waals surface area contributed by atoms with Crippen LogP contribution in [0.3, 0.4) is 0 Å². The molecule has 0 aromatic carbocycles. The van der Waals surface area contributed by atoms with Crippen LogP contribution in [0, 0.1) is 0 Å². The number of carbonyl (C=O) groups excluding carboxylic acids is 3. The quantitative estimate of drug-likeness (QED) is 0.0261. The van der Waals surface area contributed by atoms with Gasteiger partial charge in [-0.25, -0.2) is 0 Å². The van der Waals surface area contributed by atoms with Gasteiger partial charge in [0.25, 0.3) is 0 Å². The Bertz CT molecular complexity index is 1250. The van der Waals surface area contributed by atoms with E-state index in [1.54, 1.807) is 0 Å². The Labute approximate surface area is 467 Å². The van der Waals surface area contributed by atoms with Gasteiger partial charge in [0.2, 0.25) is 0 Å². The van der Waals surface area contributed by atoms with Gasteiger partial charge < -0.3 is 14.2 Å². The summed E-state index contributed by atoms with van der Waals surface area (Å²) in [6.07, 6.45) is 78.8. The Balaban J connectivity index is 4.16. The van der Waals surface area contributed by atoms with Gasteiger partial charge >= 0.3 is 17.9 Å². The molecule has 0 aliphatic carbocycles. The van der Waals surface area contributed by atoms with E-state index in [0.29, 0.717) is 19.3 Å². The van der Waals surface area contributed by atoms with Gasteiger partial charge in [-0.15, -0.1) is 0 Å². The van der Waals surface area contributed by atoms with Crippen LogP contribution in [-0.4, -0.2) is 37.2 Å². The zero-order chi connectivity index (χ0) is 54.3. The average Bonchev–Trinajstić information content (AvgIpc) is 3.41. The van der Waals surface area contributed by atoms with E-state index < -0.39 is 6.10 Å². The molecular formula is C69H128O6. The molecule has 1 unspecified atom stereocenters. The van der Waals surface area contributed by atoms with Crippen LogP contribution in [0.25, 0.3) is 0 Å². The molecule has 440 valence electrons. The van der Waals surface area contributed by atoms with Crippen molar-refractivity contribution in [3.8, 4) is 0 Å². The van der Waals surface area contributed by atoms with E-state index in [1.807, 2.05) is 0 Å². The highest BCUT2D eigenvalue weighted by Crippen LogP contribution is 2.18. The summed E-state index contributed by atoms with van der Waals surface area (Å²) in [5.41, 5.74) is 0. The first-order valence-corrected chi connectivity index (χ1v) is 33.5. The molecule has 0 radical (unpaired) electrons. The minimum absolute atomic E-state index is 0.0700. The number of carbonyl (C=O) groups is 3. The van der Waals surface area contributed by atoms with Crippen molar-refractivity contribution < 1.29 is 28.6 Å². The van der Waals surface area contributed by atoms with Crippen LogP contribution in [0.5, 0.6) is 0 Å². The van der Waals surface area contributed by atoms with Crippen LogP contribution in [-0.2, 0) is 28.6 Å². The van der Waals surface area contributed by atoms with Crippen LogP contribution in [0.15, 0.2) is 36.5 Å². The van der Waals surface area contributed by atoms with Crippen molar-refractivity contribution in [2.75, 3.05) is 13.2 Å². The summed E-state index contributed by atoms with van der Waals surface area (Å²) in [4.78, 5) is 38.3. The van der Waals surface area contributed by atoms with E-state index in [0.717, 1.165) is 70.6 Å². The van der Waals surface area contributed by atoms with Crippen LogP contribution in [0.4, 0.5) is 0 Å². The summed E-state index contributed by atoms with van der Waals surface area (Å²) in [6, 6.07) is 0. The lowest BCUT2D eigenvalue weighted by Gasteiger charge is -2.18. The highest BCUT2D eigenvalue weighted by molar-refractivity contribution is 5.71. The van der Waals surface area contributed by atoms with Crippen molar-refractivity contribution in [1.29, 1.82) is 0 Å². The van der Waals surface area contributed by atoms with E-state index in [-0.39, 0.29) is 31.1 Å². The molecule has 6 heteroatoms. The molecule has 0 saturated heterocycles. The Kier molecular flexibility index (Phi) is 62.1. The van der Waals surface area contributed by atoms with Gasteiger partial charge in [-0.2, -0.15) is 0 Å². The molecule has 0 N–H and O–H groups in total. The Hall–Kier alpha value is -2.37. The molecular weight excluding hydrogens is 925 g/mol.